The number of anilines is 1. The van der Waals surface area contributed by atoms with Crippen molar-refractivity contribution in [1.29, 1.82) is 0 Å². The lowest BCUT2D eigenvalue weighted by Gasteiger charge is -2.03. The summed E-state index contributed by atoms with van der Waals surface area (Å²) in [6.45, 7) is 0. The van der Waals surface area contributed by atoms with Crippen LogP contribution < -0.4 is 5.32 Å². The fraction of sp³-hybridized carbons (Fsp3) is 0. The lowest BCUT2D eigenvalue weighted by molar-refractivity contribution is -0.105. The van der Waals surface area contributed by atoms with E-state index in [-0.39, 0.29) is 0 Å². The highest BCUT2D eigenvalue weighted by Gasteiger charge is 2.01. The van der Waals surface area contributed by atoms with Gasteiger partial charge in [-0.3, -0.25) is 4.79 Å². The molecule has 0 fully saturated rings. The molecule has 0 aliphatic heterocycles. The van der Waals surface area contributed by atoms with E-state index in [4.69, 9.17) is 11.6 Å². The van der Waals surface area contributed by atoms with Gasteiger partial charge in [0.05, 0.1) is 10.7 Å². The van der Waals surface area contributed by atoms with Crippen LogP contribution in [0.15, 0.2) is 22.7 Å². The van der Waals surface area contributed by atoms with E-state index in [1.54, 1.807) is 18.2 Å². The number of para-hydroxylation sites is 1. The van der Waals surface area contributed by atoms with Crippen molar-refractivity contribution in [2.75, 3.05) is 5.32 Å². The Morgan fingerprint density at radius 2 is 2.27 bits per heavy atom. The number of nitrogens with one attached hydrogen (secondary N) is 1. The molecular weight excluding hydrogens is 229 g/mol. The summed E-state index contributed by atoms with van der Waals surface area (Å²) in [4.78, 5) is 10.1. The number of carbonyl (C=O) groups excluding carboxylic acids is 1. The second kappa shape index (κ2) is 3.74. The standard InChI is InChI=1S/C7H5BrClNO/c8-5-2-1-3-6(9)7(5)10-4-11/h1-4H,(H,10,11). The van der Waals surface area contributed by atoms with Crippen LogP contribution in [-0.4, -0.2) is 6.41 Å². The number of hydrogen-bond acceptors (Lipinski definition) is 1. The molecule has 1 aromatic carbocycles. The van der Waals surface area contributed by atoms with Crippen molar-refractivity contribution in [3.8, 4) is 0 Å². The van der Waals surface area contributed by atoms with Gasteiger partial charge in [-0.1, -0.05) is 17.7 Å². The van der Waals surface area contributed by atoms with Crippen LogP contribution in [0.3, 0.4) is 0 Å². The molecule has 0 bridgehead atoms. The van der Waals surface area contributed by atoms with Crippen molar-refractivity contribution in [2.45, 2.75) is 0 Å². The van der Waals surface area contributed by atoms with Crippen LogP contribution in [0, 0.1) is 0 Å². The van der Waals surface area contributed by atoms with Gasteiger partial charge in [-0.25, -0.2) is 0 Å². The van der Waals surface area contributed by atoms with Crippen LogP contribution in [0.2, 0.25) is 5.02 Å². The second-order valence-electron chi connectivity index (χ2n) is 1.86. The van der Waals surface area contributed by atoms with Crippen molar-refractivity contribution in [3.05, 3.63) is 27.7 Å². The SMILES string of the molecule is O=CNc1c(Cl)cccc1Br. The molecule has 0 atom stereocenters. The maximum Gasteiger partial charge on any atom is 0.211 e. The Morgan fingerprint density at radius 1 is 1.55 bits per heavy atom. The maximum atomic E-state index is 10.1. The van der Waals surface area contributed by atoms with Gasteiger partial charge < -0.3 is 5.32 Å². The van der Waals surface area contributed by atoms with Crippen molar-refractivity contribution in [3.63, 3.8) is 0 Å². The highest BCUT2D eigenvalue weighted by Crippen LogP contribution is 2.29. The minimum atomic E-state index is 0.520. The molecule has 0 aliphatic rings. The quantitative estimate of drug-likeness (QED) is 0.783. The average Bonchev–Trinajstić information content (AvgIpc) is 1.97. The molecule has 0 spiro atoms. The molecule has 0 radical (unpaired) electrons. The largest absolute Gasteiger partial charge is 0.326 e. The molecule has 0 saturated carbocycles. The third-order valence-electron chi connectivity index (χ3n) is 1.17. The number of rotatable bonds is 2. The Morgan fingerprint density at radius 3 is 2.82 bits per heavy atom. The monoisotopic (exact) mass is 233 g/mol. The van der Waals surface area contributed by atoms with Crippen LogP contribution in [0.4, 0.5) is 5.69 Å². The van der Waals surface area contributed by atoms with Crippen LogP contribution in [0.25, 0.3) is 0 Å². The van der Waals surface area contributed by atoms with E-state index in [0.29, 0.717) is 17.1 Å². The Labute approximate surface area is 77.7 Å². The first-order valence-electron chi connectivity index (χ1n) is 2.90. The van der Waals surface area contributed by atoms with E-state index in [1.165, 1.54) is 0 Å². The number of amides is 1. The summed E-state index contributed by atoms with van der Waals surface area (Å²) >= 11 is 9.00. The third kappa shape index (κ3) is 1.94. The Hall–Kier alpha value is -0.540. The predicted molar refractivity (Wildman–Crippen MR) is 48.8 cm³/mol. The molecule has 0 heterocycles. The highest BCUT2D eigenvalue weighted by molar-refractivity contribution is 9.10. The summed E-state index contributed by atoms with van der Waals surface area (Å²) in [5.74, 6) is 0. The molecule has 0 unspecified atom stereocenters. The van der Waals surface area contributed by atoms with Gasteiger partial charge in [-0.15, -0.1) is 0 Å². The summed E-state index contributed by atoms with van der Waals surface area (Å²) in [5, 5.41) is 3.00. The number of hydrogen-bond donors (Lipinski definition) is 1. The zero-order valence-electron chi connectivity index (χ0n) is 5.47. The van der Waals surface area contributed by atoms with Crippen LogP contribution in [0.1, 0.15) is 0 Å². The highest BCUT2D eigenvalue weighted by atomic mass is 79.9. The first-order valence-corrected chi connectivity index (χ1v) is 4.07. The van der Waals surface area contributed by atoms with Crippen LogP contribution >= 0.6 is 27.5 Å². The van der Waals surface area contributed by atoms with Crippen molar-refractivity contribution in [1.82, 2.24) is 0 Å². The smallest absolute Gasteiger partial charge is 0.211 e. The van der Waals surface area contributed by atoms with E-state index < -0.39 is 0 Å². The van der Waals surface area contributed by atoms with Gasteiger partial charge >= 0.3 is 0 Å². The number of benzene rings is 1. The van der Waals surface area contributed by atoms with Gasteiger partial charge in [0.25, 0.3) is 0 Å². The minimum Gasteiger partial charge on any atom is -0.326 e. The zero-order chi connectivity index (χ0) is 8.27. The van der Waals surface area contributed by atoms with Gasteiger partial charge in [-0.05, 0) is 28.1 Å². The van der Waals surface area contributed by atoms with Gasteiger partial charge in [-0.2, -0.15) is 0 Å². The molecule has 0 aromatic heterocycles. The molecule has 1 N–H and O–H groups in total. The number of halogens is 2. The summed E-state index contributed by atoms with van der Waals surface area (Å²) < 4.78 is 0.775. The van der Waals surface area contributed by atoms with Gasteiger partial charge in [0.1, 0.15) is 0 Å². The molecule has 1 aromatic rings. The third-order valence-corrected chi connectivity index (χ3v) is 2.14. The lowest BCUT2D eigenvalue weighted by Crippen LogP contribution is -1.94. The summed E-state index contributed by atoms with van der Waals surface area (Å²) in [6, 6.07) is 5.30. The van der Waals surface area contributed by atoms with Gasteiger partial charge in [0.2, 0.25) is 6.41 Å². The molecule has 11 heavy (non-hydrogen) atoms. The Balaban J connectivity index is 3.09. The predicted octanol–water partition coefficient (Wildman–Crippen LogP) is 2.67. The molecule has 2 nitrogen and oxygen atoms in total. The zero-order valence-corrected chi connectivity index (χ0v) is 7.82. The molecule has 0 saturated heterocycles. The first kappa shape index (κ1) is 8.56. The summed E-state index contributed by atoms with van der Waals surface area (Å²) in [6.07, 6.45) is 0.589. The van der Waals surface area contributed by atoms with E-state index in [2.05, 4.69) is 21.2 Å². The van der Waals surface area contributed by atoms with Crippen LogP contribution in [0.5, 0.6) is 0 Å². The topological polar surface area (TPSA) is 29.1 Å². The second-order valence-corrected chi connectivity index (χ2v) is 3.12. The van der Waals surface area contributed by atoms with E-state index in [1.807, 2.05) is 0 Å². The number of carbonyl (C=O) groups is 1. The Bertz CT molecular complexity index is 257. The van der Waals surface area contributed by atoms with Gasteiger partial charge in [0.15, 0.2) is 0 Å². The van der Waals surface area contributed by atoms with Crippen molar-refractivity contribution < 1.29 is 4.79 Å². The molecule has 0 aliphatic carbocycles. The van der Waals surface area contributed by atoms with E-state index in [0.717, 1.165) is 4.47 Å². The van der Waals surface area contributed by atoms with Crippen molar-refractivity contribution in [2.24, 2.45) is 0 Å². The summed E-state index contributed by atoms with van der Waals surface area (Å²) in [5.41, 5.74) is 0.601. The van der Waals surface area contributed by atoms with Crippen LogP contribution in [-0.2, 0) is 4.79 Å². The fourth-order valence-electron chi connectivity index (χ4n) is 0.695. The normalized spacial score (nSPS) is 9.27. The lowest BCUT2D eigenvalue weighted by atomic mass is 10.3. The van der Waals surface area contributed by atoms with Crippen molar-refractivity contribution >= 4 is 39.6 Å². The fourth-order valence-corrected chi connectivity index (χ4v) is 1.52. The molecule has 1 amide bonds. The summed E-state index contributed by atoms with van der Waals surface area (Å²) in [7, 11) is 0. The molecular formula is C7H5BrClNO. The van der Waals surface area contributed by atoms with E-state index in [9.17, 15) is 4.79 Å². The molecule has 58 valence electrons. The van der Waals surface area contributed by atoms with Gasteiger partial charge in [0, 0.05) is 4.47 Å². The molecule has 1 rings (SSSR count). The maximum absolute atomic E-state index is 10.1. The average molecular weight is 234 g/mol. The molecule has 4 heteroatoms. The Kier molecular flexibility index (Phi) is 2.91. The van der Waals surface area contributed by atoms with E-state index >= 15 is 0 Å². The first-order chi connectivity index (χ1) is 5.25. The minimum absolute atomic E-state index is 0.520.